The zero-order chi connectivity index (χ0) is 39.6. The van der Waals surface area contributed by atoms with Gasteiger partial charge in [0.2, 0.25) is 0 Å². The second-order valence-corrected chi connectivity index (χ2v) is 11.4. The van der Waals surface area contributed by atoms with E-state index in [2.05, 4.69) is 6.08 Å². The van der Waals surface area contributed by atoms with Crippen molar-refractivity contribution >= 4 is 35.9 Å². The molecule has 4 unspecified atom stereocenters. The molecule has 1 aromatic carbocycles. The van der Waals surface area contributed by atoms with E-state index in [9.17, 15) is 24.0 Å². The maximum absolute atomic E-state index is 10.5. The van der Waals surface area contributed by atoms with Crippen molar-refractivity contribution in [3.8, 4) is 0 Å². The molecule has 1 aliphatic carbocycles. The number of ether oxygens (including phenoxy) is 5. The quantitative estimate of drug-likeness (QED) is 0.132. The van der Waals surface area contributed by atoms with Crippen LogP contribution in [0.15, 0.2) is 84.5 Å². The molecular weight excluding hydrogens is 652 g/mol. The van der Waals surface area contributed by atoms with Crippen LogP contribution >= 0.6 is 0 Å². The Morgan fingerprint density at radius 2 is 1.20 bits per heavy atom. The van der Waals surface area contributed by atoms with Gasteiger partial charge in [-0.15, -0.1) is 0 Å². The summed E-state index contributed by atoms with van der Waals surface area (Å²) in [6.45, 7) is 20.6. The largest absolute Gasteiger partial charge is 0.462 e. The molecular formula is C41H62O10. The zero-order valence-electron chi connectivity index (χ0n) is 32.8. The summed E-state index contributed by atoms with van der Waals surface area (Å²) in [7, 11) is 0. The first-order chi connectivity index (χ1) is 23.9. The summed E-state index contributed by atoms with van der Waals surface area (Å²) in [6, 6.07) is 9.87. The third-order valence-electron chi connectivity index (χ3n) is 5.57. The minimum Gasteiger partial charge on any atom is -0.462 e. The van der Waals surface area contributed by atoms with Gasteiger partial charge in [-0.25, -0.2) is 0 Å². The van der Waals surface area contributed by atoms with Crippen LogP contribution < -0.4 is 0 Å². The molecule has 286 valence electrons. The van der Waals surface area contributed by atoms with Crippen LogP contribution in [0.25, 0.3) is 6.08 Å². The van der Waals surface area contributed by atoms with Gasteiger partial charge >= 0.3 is 29.8 Å². The van der Waals surface area contributed by atoms with Gasteiger partial charge in [-0.3, -0.25) is 24.0 Å². The molecule has 0 aromatic heterocycles. The van der Waals surface area contributed by atoms with Crippen molar-refractivity contribution in [1.82, 2.24) is 0 Å². The summed E-state index contributed by atoms with van der Waals surface area (Å²) >= 11 is 0. The first kappa shape index (κ1) is 50.6. The van der Waals surface area contributed by atoms with Gasteiger partial charge in [-0.05, 0) is 104 Å². The summed E-state index contributed by atoms with van der Waals surface area (Å²) in [6.07, 6.45) is 20.0. The normalized spacial score (nSPS) is 14.5. The fourth-order valence-electron chi connectivity index (χ4n) is 3.92. The van der Waals surface area contributed by atoms with Crippen LogP contribution in [0, 0.1) is 0 Å². The molecule has 1 aromatic rings. The minimum absolute atomic E-state index is 0.0475. The van der Waals surface area contributed by atoms with Crippen molar-refractivity contribution in [2.24, 2.45) is 0 Å². The Kier molecular flexibility index (Phi) is 33.5. The van der Waals surface area contributed by atoms with Gasteiger partial charge in [-0.2, -0.15) is 0 Å². The van der Waals surface area contributed by atoms with E-state index in [0.29, 0.717) is 6.61 Å². The van der Waals surface area contributed by atoms with Crippen LogP contribution in [0.5, 0.6) is 0 Å². The molecule has 2 rings (SSSR count). The predicted molar refractivity (Wildman–Crippen MR) is 203 cm³/mol. The average Bonchev–Trinajstić information content (AvgIpc) is 3.00. The van der Waals surface area contributed by atoms with E-state index in [-0.39, 0.29) is 54.3 Å². The standard InChI is InChI=1S/C11H12O2.C8H12O2.C8H14O2.2C7H12O2/c1-10(12)13-9-5-8-11-6-3-2-4-7-11;1-7(9)10-8-5-3-2-4-6-8;1-6(2)5-7(3)10-8(4)9;2*1-4-5-6(2)9-7(3)8/h2-8H,9H2,1H3;3,5,8H,2,4,6H2,1H3;5,7H,1-4H3;2*4-6H,1-3H3/b8-5+;;;2*5-4+. The fourth-order valence-corrected chi connectivity index (χ4v) is 3.92. The number of carbonyl (C=O) groups excluding carboxylic acids is 5. The molecule has 0 bridgehead atoms. The van der Waals surface area contributed by atoms with Crippen LogP contribution in [0.4, 0.5) is 0 Å². The van der Waals surface area contributed by atoms with E-state index in [0.717, 1.165) is 30.4 Å². The van der Waals surface area contributed by atoms with E-state index in [1.807, 2.05) is 127 Å². The molecule has 0 aliphatic heterocycles. The Bertz CT molecular complexity index is 1220. The van der Waals surface area contributed by atoms with Gasteiger partial charge in [0, 0.05) is 34.6 Å². The Balaban J connectivity index is -0.000000570. The molecule has 0 amide bonds. The highest BCUT2D eigenvalue weighted by molar-refractivity contribution is 5.67. The summed E-state index contributed by atoms with van der Waals surface area (Å²) in [5.74, 6) is -1.14. The van der Waals surface area contributed by atoms with Crippen molar-refractivity contribution in [3.63, 3.8) is 0 Å². The van der Waals surface area contributed by atoms with Crippen LogP contribution in [-0.4, -0.2) is 60.9 Å². The summed E-state index contributed by atoms with van der Waals surface area (Å²) < 4.78 is 24.1. The van der Waals surface area contributed by atoms with Gasteiger partial charge in [0.1, 0.15) is 31.0 Å². The second-order valence-electron chi connectivity index (χ2n) is 11.4. The number of esters is 5. The molecule has 10 heteroatoms. The topological polar surface area (TPSA) is 132 Å². The highest BCUT2D eigenvalue weighted by Gasteiger charge is 2.09. The van der Waals surface area contributed by atoms with Gasteiger partial charge in [0.25, 0.3) is 0 Å². The van der Waals surface area contributed by atoms with Crippen molar-refractivity contribution in [3.05, 3.63) is 90.1 Å². The van der Waals surface area contributed by atoms with Crippen LogP contribution in [0.1, 0.15) is 108 Å². The number of allylic oxidation sites excluding steroid dienone is 4. The highest BCUT2D eigenvalue weighted by Crippen LogP contribution is 2.13. The molecule has 0 saturated carbocycles. The first-order valence-electron chi connectivity index (χ1n) is 17.0. The molecule has 4 atom stereocenters. The second kappa shape index (κ2) is 33.8. The predicted octanol–water partition coefficient (Wildman–Crippen LogP) is 8.85. The number of rotatable bonds is 10. The maximum atomic E-state index is 10.5. The molecule has 51 heavy (non-hydrogen) atoms. The minimum atomic E-state index is -0.252. The molecule has 0 fully saturated rings. The van der Waals surface area contributed by atoms with E-state index in [1.54, 1.807) is 0 Å². The molecule has 0 saturated heterocycles. The average molecular weight is 715 g/mol. The first-order valence-corrected chi connectivity index (χ1v) is 17.0. The molecule has 10 nitrogen and oxygen atoms in total. The van der Waals surface area contributed by atoms with Gasteiger partial charge in [-0.1, -0.05) is 60.2 Å². The van der Waals surface area contributed by atoms with E-state index in [1.165, 1.54) is 34.6 Å². The lowest BCUT2D eigenvalue weighted by Crippen LogP contribution is -2.15. The maximum Gasteiger partial charge on any atom is 0.303 e. The Labute approximate surface area is 306 Å². The van der Waals surface area contributed by atoms with E-state index in [4.69, 9.17) is 23.7 Å². The van der Waals surface area contributed by atoms with Crippen LogP contribution in [-0.2, 0) is 47.7 Å². The Hall–Kier alpha value is -4.73. The van der Waals surface area contributed by atoms with Crippen molar-refractivity contribution in [2.45, 2.75) is 127 Å². The fraction of sp³-hybridized carbons (Fsp3) is 0.488. The Morgan fingerprint density at radius 3 is 1.57 bits per heavy atom. The molecule has 0 radical (unpaired) electrons. The van der Waals surface area contributed by atoms with Gasteiger partial charge < -0.3 is 23.7 Å². The van der Waals surface area contributed by atoms with E-state index < -0.39 is 0 Å². The third kappa shape index (κ3) is 43.2. The number of hydrogen-bond acceptors (Lipinski definition) is 10. The SMILES string of the molecule is C/C=C/C(C)OC(C)=O.C/C=C/C(C)OC(C)=O.CC(=O)OC(C)C=C(C)C.CC(=O)OC/C=C/c1ccccc1.CC(=O)OC1C=CCCC1. The lowest BCUT2D eigenvalue weighted by atomic mass is 10.1. The highest BCUT2D eigenvalue weighted by atomic mass is 16.6. The van der Waals surface area contributed by atoms with Gasteiger partial charge in [0.15, 0.2) is 0 Å². The lowest BCUT2D eigenvalue weighted by molar-refractivity contribution is -0.145. The summed E-state index contributed by atoms with van der Waals surface area (Å²) in [4.78, 5) is 51.8. The summed E-state index contributed by atoms with van der Waals surface area (Å²) in [5.41, 5.74) is 2.27. The third-order valence-corrected chi connectivity index (χ3v) is 5.57. The Morgan fingerprint density at radius 1 is 0.706 bits per heavy atom. The number of carbonyl (C=O) groups is 5. The smallest absolute Gasteiger partial charge is 0.303 e. The molecule has 0 heterocycles. The van der Waals surface area contributed by atoms with Gasteiger partial charge in [0.05, 0.1) is 0 Å². The molecule has 0 spiro atoms. The monoisotopic (exact) mass is 714 g/mol. The van der Waals surface area contributed by atoms with E-state index >= 15 is 0 Å². The number of benzene rings is 1. The van der Waals surface area contributed by atoms with Crippen molar-refractivity contribution in [1.29, 1.82) is 0 Å². The lowest BCUT2D eigenvalue weighted by Gasteiger charge is -2.15. The zero-order valence-corrected chi connectivity index (χ0v) is 32.8. The number of hydrogen-bond donors (Lipinski definition) is 0. The van der Waals surface area contributed by atoms with Crippen molar-refractivity contribution < 1.29 is 47.7 Å². The molecule has 1 aliphatic rings. The van der Waals surface area contributed by atoms with Crippen LogP contribution in [0.3, 0.4) is 0 Å². The molecule has 0 N–H and O–H groups in total. The van der Waals surface area contributed by atoms with Crippen LogP contribution in [0.2, 0.25) is 0 Å². The summed E-state index contributed by atoms with van der Waals surface area (Å²) in [5, 5.41) is 0. The van der Waals surface area contributed by atoms with Crippen molar-refractivity contribution in [2.75, 3.05) is 6.61 Å².